The van der Waals surface area contributed by atoms with Gasteiger partial charge in [-0.1, -0.05) is 52.7 Å². The average molecular weight is 455 g/mol. The van der Waals surface area contributed by atoms with E-state index in [1.807, 2.05) is 13.8 Å². The number of Topliss-reactive ketones (excluding diaryl/α,β-unsaturated/α-hetero) is 5. The van der Waals surface area contributed by atoms with E-state index in [4.69, 9.17) is 0 Å². The Hall–Kier alpha value is -2.43. The van der Waals surface area contributed by atoms with Crippen LogP contribution in [-0.2, 0) is 20.8 Å². The maximum absolute atomic E-state index is 13.1. The molecule has 1 aliphatic carbocycles. The summed E-state index contributed by atoms with van der Waals surface area (Å²) in [5.74, 6) is -1.62. The Kier molecular flexibility index (Phi) is 9.45. The molecule has 33 heavy (non-hydrogen) atoms. The third kappa shape index (κ3) is 6.33. The van der Waals surface area contributed by atoms with E-state index in [0.717, 1.165) is 18.4 Å². The number of hydrogen-bond acceptors (Lipinski definition) is 5. The third-order valence-corrected chi connectivity index (χ3v) is 6.90. The molecule has 5 heteroatoms. The van der Waals surface area contributed by atoms with Gasteiger partial charge in [-0.25, -0.2) is 0 Å². The lowest BCUT2D eigenvalue weighted by Gasteiger charge is -2.32. The first-order valence-electron chi connectivity index (χ1n) is 12.3. The zero-order valence-corrected chi connectivity index (χ0v) is 21.0. The SMILES string of the molecule is CCCC(CC1CC(=O)c2c(C)ccc(C(=O)C(=O)C(C)C)c2C1)C(CC)C(=O)CC(C)=O. The van der Waals surface area contributed by atoms with Gasteiger partial charge in [0.05, 0.1) is 6.42 Å². The first-order chi connectivity index (χ1) is 15.5. The van der Waals surface area contributed by atoms with Crippen LogP contribution in [0.2, 0.25) is 0 Å². The van der Waals surface area contributed by atoms with Crippen LogP contribution in [-0.4, -0.2) is 28.9 Å². The standard InChI is InChI=1S/C28H38O5/c1-7-9-20(21(8-2)24(30)12-18(6)29)13-19-14-23-22(28(33)27(32)16(3)4)11-10-17(5)26(23)25(31)15-19/h10-11,16,19-21H,7-9,12-15H2,1-6H3. The van der Waals surface area contributed by atoms with Gasteiger partial charge in [-0.15, -0.1) is 0 Å². The van der Waals surface area contributed by atoms with Crippen molar-refractivity contribution in [3.8, 4) is 0 Å². The molecule has 1 aromatic rings. The van der Waals surface area contributed by atoms with E-state index in [1.165, 1.54) is 6.92 Å². The van der Waals surface area contributed by atoms with Crippen molar-refractivity contribution in [2.45, 2.75) is 86.5 Å². The molecule has 0 spiro atoms. The van der Waals surface area contributed by atoms with Crippen molar-refractivity contribution in [3.63, 3.8) is 0 Å². The number of benzene rings is 1. The number of rotatable bonds is 12. The first-order valence-corrected chi connectivity index (χ1v) is 12.3. The Morgan fingerprint density at radius 2 is 1.73 bits per heavy atom. The zero-order valence-electron chi connectivity index (χ0n) is 21.0. The predicted molar refractivity (Wildman–Crippen MR) is 129 cm³/mol. The molecule has 0 heterocycles. The van der Waals surface area contributed by atoms with Gasteiger partial charge in [0.25, 0.3) is 0 Å². The minimum Gasteiger partial charge on any atom is -0.300 e. The Bertz CT molecular complexity index is 940. The van der Waals surface area contributed by atoms with Gasteiger partial charge in [-0.3, -0.25) is 24.0 Å². The summed E-state index contributed by atoms with van der Waals surface area (Å²) in [6, 6.07) is 3.44. The molecule has 1 aliphatic rings. The summed E-state index contributed by atoms with van der Waals surface area (Å²) in [6.07, 6.45) is 4.01. The molecule has 0 saturated carbocycles. The van der Waals surface area contributed by atoms with E-state index in [9.17, 15) is 24.0 Å². The van der Waals surface area contributed by atoms with Crippen molar-refractivity contribution in [2.24, 2.45) is 23.7 Å². The molecule has 1 aromatic carbocycles. The molecular weight excluding hydrogens is 416 g/mol. The maximum Gasteiger partial charge on any atom is 0.229 e. The van der Waals surface area contributed by atoms with Gasteiger partial charge in [-0.05, 0) is 56.1 Å². The molecule has 0 saturated heterocycles. The van der Waals surface area contributed by atoms with Crippen LogP contribution in [0.5, 0.6) is 0 Å². The summed E-state index contributed by atoms with van der Waals surface area (Å²) in [7, 11) is 0. The molecule has 0 fully saturated rings. The molecule has 5 nitrogen and oxygen atoms in total. The number of ketones is 5. The third-order valence-electron chi connectivity index (χ3n) is 6.90. The number of hydrogen-bond donors (Lipinski definition) is 0. The van der Waals surface area contributed by atoms with Crippen LogP contribution in [0.15, 0.2) is 12.1 Å². The Balaban J connectivity index is 2.38. The number of fused-ring (bicyclic) bond motifs is 1. The first kappa shape index (κ1) is 26.8. The van der Waals surface area contributed by atoms with Crippen molar-refractivity contribution in [3.05, 3.63) is 34.4 Å². The number of aryl methyl sites for hydroxylation is 1. The summed E-state index contributed by atoms with van der Waals surface area (Å²) in [5, 5.41) is 0. The summed E-state index contributed by atoms with van der Waals surface area (Å²) < 4.78 is 0. The lowest BCUT2D eigenvalue weighted by Crippen LogP contribution is -2.31. The van der Waals surface area contributed by atoms with Crippen LogP contribution in [0.3, 0.4) is 0 Å². The highest BCUT2D eigenvalue weighted by atomic mass is 16.2. The Morgan fingerprint density at radius 3 is 2.27 bits per heavy atom. The normalized spacial score (nSPS) is 17.4. The fraction of sp³-hybridized carbons (Fsp3) is 0.607. The molecule has 3 atom stereocenters. The number of carbonyl (C=O) groups is 5. The van der Waals surface area contributed by atoms with E-state index in [-0.39, 0.29) is 41.5 Å². The lowest BCUT2D eigenvalue weighted by atomic mass is 9.71. The summed E-state index contributed by atoms with van der Waals surface area (Å²) in [6.45, 7) is 10.8. The van der Waals surface area contributed by atoms with Gasteiger partial charge in [0.1, 0.15) is 11.6 Å². The molecular formula is C28H38O5. The minimum absolute atomic E-state index is 0.00299. The summed E-state index contributed by atoms with van der Waals surface area (Å²) in [4.78, 5) is 62.8. The minimum atomic E-state index is -0.525. The van der Waals surface area contributed by atoms with Crippen molar-refractivity contribution in [1.82, 2.24) is 0 Å². The predicted octanol–water partition coefficient (Wildman–Crippen LogP) is 5.53. The molecule has 2 rings (SSSR count). The summed E-state index contributed by atoms with van der Waals surface area (Å²) in [5.41, 5.74) is 2.45. The second kappa shape index (κ2) is 11.6. The molecule has 0 aliphatic heterocycles. The largest absolute Gasteiger partial charge is 0.300 e. The quantitative estimate of drug-likeness (QED) is 0.235. The maximum atomic E-state index is 13.1. The second-order valence-corrected chi connectivity index (χ2v) is 9.97. The lowest BCUT2D eigenvalue weighted by molar-refractivity contribution is -0.130. The van der Waals surface area contributed by atoms with Gasteiger partial charge >= 0.3 is 0 Å². The van der Waals surface area contributed by atoms with E-state index in [2.05, 4.69) is 6.92 Å². The second-order valence-electron chi connectivity index (χ2n) is 9.97. The fourth-order valence-corrected chi connectivity index (χ4v) is 5.35. The molecule has 0 bridgehead atoms. The molecule has 0 radical (unpaired) electrons. The molecule has 0 amide bonds. The topological polar surface area (TPSA) is 85.3 Å². The molecule has 3 unspecified atom stereocenters. The summed E-state index contributed by atoms with van der Waals surface area (Å²) >= 11 is 0. The van der Waals surface area contributed by atoms with Crippen LogP contribution in [0.25, 0.3) is 0 Å². The van der Waals surface area contributed by atoms with E-state index in [1.54, 1.807) is 26.0 Å². The van der Waals surface area contributed by atoms with Gasteiger partial charge in [-0.2, -0.15) is 0 Å². The monoisotopic (exact) mass is 454 g/mol. The van der Waals surface area contributed by atoms with Crippen molar-refractivity contribution >= 4 is 28.9 Å². The van der Waals surface area contributed by atoms with Crippen LogP contribution in [0.4, 0.5) is 0 Å². The van der Waals surface area contributed by atoms with Crippen molar-refractivity contribution < 1.29 is 24.0 Å². The van der Waals surface area contributed by atoms with E-state index >= 15 is 0 Å². The van der Waals surface area contributed by atoms with Crippen molar-refractivity contribution in [1.29, 1.82) is 0 Å². The highest BCUT2D eigenvalue weighted by molar-refractivity contribution is 6.44. The van der Waals surface area contributed by atoms with E-state index < -0.39 is 17.5 Å². The highest BCUT2D eigenvalue weighted by Crippen LogP contribution is 2.37. The van der Waals surface area contributed by atoms with Crippen molar-refractivity contribution in [2.75, 3.05) is 0 Å². The zero-order chi connectivity index (χ0) is 24.9. The fourth-order valence-electron chi connectivity index (χ4n) is 5.35. The van der Waals surface area contributed by atoms with Crippen LogP contribution < -0.4 is 0 Å². The Morgan fingerprint density at radius 1 is 1.06 bits per heavy atom. The van der Waals surface area contributed by atoms with Gasteiger partial charge in [0.2, 0.25) is 11.6 Å². The highest BCUT2D eigenvalue weighted by Gasteiger charge is 2.35. The average Bonchev–Trinajstić information content (AvgIpc) is 2.72. The Labute approximate surface area is 197 Å². The smallest absolute Gasteiger partial charge is 0.229 e. The van der Waals surface area contributed by atoms with Gasteiger partial charge < -0.3 is 0 Å². The number of carbonyl (C=O) groups excluding carboxylic acids is 5. The molecule has 180 valence electrons. The van der Waals surface area contributed by atoms with Gasteiger partial charge in [0, 0.05) is 29.4 Å². The van der Waals surface area contributed by atoms with E-state index in [0.29, 0.717) is 42.4 Å². The molecule has 0 aromatic heterocycles. The van der Waals surface area contributed by atoms with Crippen LogP contribution in [0.1, 0.15) is 105 Å². The molecule has 0 N–H and O–H groups in total. The van der Waals surface area contributed by atoms with Gasteiger partial charge in [0.15, 0.2) is 5.78 Å². The van der Waals surface area contributed by atoms with Crippen LogP contribution in [0, 0.1) is 30.6 Å². The van der Waals surface area contributed by atoms with Crippen LogP contribution >= 0.6 is 0 Å².